The van der Waals surface area contributed by atoms with E-state index in [1.807, 2.05) is 0 Å². The Morgan fingerprint density at radius 2 is 1.85 bits per heavy atom. The number of methoxy groups -OCH3 is 1. The van der Waals surface area contributed by atoms with Gasteiger partial charge >= 0.3 is 0 Å². The van der Waals surface area contributed by atoms with Gasteiger partial charge in [-0.3, -0.25) is 4.79 Å². The van der Waals surface area contributed by atoms with Crippen molar-refractivity contribution < 1.29 is 22.7 Å². The molecule has 0 saturated heterocycles. The van der Waals surface area contributed by atoms with Crippen LogP contribution in [-0.4, -0.2) is 40.3 Å². The van der Waals surface area contributed by atoms with E-state index in [1.54, 1.807) is 36.4 Å². The summed E-state index contributed by atoms with van der Waals surface area (Å²) in [6.45, 7) is 0.267. The van der Waals surface area contributed by atoms with Gasteiger partial charge in [0, 0.05) is 25.6 Å². The first-order valence-electron chi connectivity index (χ1n) is 7.92. The first-order chi connectivity index (χ1) is 12.3. The molecule has 0 spiro atoms. The molecule has 26 heavy (non-hydrogen) atoms. The zero-order chi connectivity index (χ0) is 19.2. The molecular formula is C18H22N2O5S. The van der Waals surface area contributed by atoms with Crippen molar-refractivity contribution >= 4 is 21.4 Å². The van der Waals surface area contributed by atoms with Crippen LogP contribution < -0.4 is 15.8 Å². The van der Waals surface area contributed by atoms with E-state index in [0.29, 0.717) is 17.2 Å². The molecule has 1 atom stereocenters. The molecule has 2 rings (SSSR count). The van der Waals surface area contributed by atoms with Gasteiger partial charge < -0.3 is 20.5 Å². The lowest BCUT2D eigenvalue weighted by Gasteiger charge is -2.13. The number of carbonyl (C=O) groups excluding carboxylic acids is 1. The second-order valence-electron chi connectivity index (χ2n) is 5.72. The Labute approximate surface area is 153 Å². The van der Waals surface area contributed by atoms with Crippen LogP contribution in [0.5, 0.6) is 11.5 Å². The minimum atomic E-state index is -3.30. The van der Waals surface area contributed by atoms with Gasteiger partial charge in [-0.15, -0.1) is 0 Å². The summed E-state index contributed by atoms with van der Waals surface area (Å²) < 4.78 is 33.9. The SMILES string of the molecule is COC(CN)CC(=O)Nc1ccc(Oc2cccc(S(C)(=O)=O)c2)cc1. The summed E-state index contributed by atoms with van der Waals surface area (Å²) in [4.78, 5) is 12.1. The molecule has 8 heteroatoms. The fraction of sp³-hybridized carbons (Fsp3) is 0.278. The molecule has 0 fully saturated rings. The van der Waals surface area contributed by atoms with Crippen LogP contribution in [-0.2, 0) is 19.4 Å². The lowest BCUT2D eigenvalue weighted by atomic mass is 10.2. The van der Waals surface area contributed by atoms with E-state index in [1.165, 1.54) is 19.2 Å². The Bertz CT molecular complexity index is 846. The van der Waals surface area contributed by atoms with Crippen LogP contribution in [0.1, 0.15) is 6.42 Å². The highest BCUT2D eigenvalue weighted by molar-refractivity contribution is 7.90. The lowest BCUT2D eigenvalue weighted by molar-refractivity contribution is -0.118. The van der Waals surface area contributed by atoms with Crippen molar-refractivity contribution in [1.29, 1.82) is 0 Å². The summed E-state index contributed by atoms with van der Waals surface area (Å²) in [5.41, 5.74) is 6.11. The smallest absolute Gasteiger partial charge is 0.227 e. The van der Waals surface area contributed by atoms with E-state index >= 15 is 0 Å². The number of sulfone groups is 1. The van der Waals surface area contributed by atoms with E-state index in [2.05, 4.69) is 5.32 Å². The molecule has 0 bridgehead atoms. The van der Waals surface area contributed by atoms with Crippen LogP contribution in [0.25, 0.3) is 0 Å². The topological polar surface area (TPSA) is 108 Å². The maximum Gasteiger partial charge on any atom is 0.227 e. The molecule has 0 aliphatic carbocycles. The maximum absolute atomic E-state index is 11.9. The Balaban J connectivity index is 2.01. The number of ether oxygens (including phenoxy) is 2. The van der Waals surface area contributed by atoms with Gasteiger partial charge in [-0.25, -0.2) is 8.42 Å². The van der Waals surface area contributed by atoms with E-state index < -0.39 is 9.84 Å². The zero-order valence-electron chi connectivity index (χ0n) is 14.6. The minimum Gasteiger partial charge on any atom is -0.457 e. The van der Waals surface area contributed by atoms with Gasteiger partial charge in [0.05, 0.1) is 17.4 Å². The van der Waals surface area contributed by atoms with Gasteiger partial charge in [-0.1, -0.05) is 6.07 Å². The van der Waals surface area contributed by atoms with Gasteiger partial charge in [0.25, 0.3) is 0 Å². The number of amides is 1. The van der Waals surface area contributed by atoms with Crippen molar-refractivity contribution in [2.75, 3.05) is 25.2 Å². The summed E-state index contributed by atoms with van der Waals surface area (Å²) in [6, 6.07) is 13.0. The van der Waals surface area contributed by atoms with Crippen LogP contribution in [0.3, 0.4) is 0 Å². The summed E-state index contributed by atoms with van der Waals surface area (Å²) in [5.74, 6) is 0.734. The molecular weight excluding hydrogens is 356 g/mol. The largest absolute Gasteiger partial charge is 0.457 e. The average molecular weight is 378 g/mol. The van der Waals surface area contributed by atoms with Crippen molar-refractivity contribution in [2.45, 2.75) is 17.4 Å². The maximum atomic E-state index is 11.9. The highest BCUT2D eigenvalue weighted by Crippen LogP contribution is 2.25. The second kappa shape index (κ2) is 8.79. The molecule has 0 aliphatic rings. The van der Waals surface area contributed by atoms with E-state index in [9.17, 15) is 13.2 Å². The molecule has 2 aromatic carbocycles. The highest BCUT2D eigenvalue weighted by atomic mass is 32.2. The zero-order valence-corrected chi connectivity index (χ0v) is 15.5. The Morgan fingerprint density at radius 1 is 1.15 bits per heavy atom. The van der Waals surface area contributed by atoms with E-state index in [4.69, 9.17) is 15.2 Å². The van der Waals surface area contributed by atoms with E-state index in [0.717, 1.165) is 6.26 Å². The second-order valence-corrected chi connectivity index (χ2v) is 7.73. The fourth-order valence-electron chi connectivity index (χ4n) is 2.19. The predicted octanol–water partition coefficient (Wildman–Crippen LogP) is 2.18. The molecule has 0 heterocycles. The molecule has 0 aromatic heterocycles. The number of hydrogen-bond acceptors (Lipinski definition) is 6. The molecule has 1 amide bonds. The van der Waals surface area contributed by atoms with Crippen molar-refractivity contribution in [3.8, 4) is 11.5 Å². The first kappa shape index (κ1) is 19.9. The van der Waals surface area contributed by atoms with Gasteiger partial charge in [-0.05, 0) is 42.5 Å². The van der Waals surface area contributed by atoms with Crippen molar-refractivity contribution in [2.24, 2.45) is 5.73 Å². The van der Waals surface area contributed by atoms with Gasteiger partial charge in [0.2, 0.25) is 5.91 Å². The van der Waals surface area contributed by atoms with Crippen LogP contribution in [0.4, 0.5) is 5.69 Å². The molecule has 140 valence electrons. The van der Waals surface area contributed by atoms with Crippen molar-refractivity contribution in [1.82, 2.24) is 0 Å². The molecule has 0 radical (unpaired) electrons. The van der Waals surface area contributed by atoms with Gasteiger partial charge in [0.1, 0.15) is 11.5 Å². The first-order valence-corrected chi connectivity index (χ1v) is 9.81. The van der Waals surface area contributed by atoms with Gasteiger partial charge in [0.15, 0.2) is 9.84 Å². The van der Waals surface area contributed by atoms with Crippen molar-refractivity contribution in [3.63, 3.8) is 0 Å². The van der Waals surface area contributed by atoms with Crippen LogP contribution in [0.15, 0.2) is 53.4 Å². The average Bonchev–Trinajstić information content (AvgIpc) is 2.61. The molecule has 0 saturated carbocycles. The summed E-state index contributed by atoms with van der Waals surface area (Å²) in [6.07, 6.45) is 0.992. The van der Waals surface area contributed by atoms with E-state index in [-0.39, 0.29) is 29.9 Å². The molecule has 0 aliphatic heterocycles. The number of anilines is 1. The third kappa shape index (κ3) is 5.83. The Hall–Kier alpha value is -2.42. The highest BCUT2D eigenvalue weighted by Gasteiger charge is 2.12. The van der Waals surface area contributed by atoms with Crippen LogP contribution >= 0.6 is 0 Å². The van der Waals surface area contributed by atoms with Crippen LogP contribution in [0, 0.1) is 0 Å². The quantitative estimate of drug-likeness (QED) is 0.729. The molecule has 3 N–H and O–H groups in total. The summed E-state index contributed by atoms with van der Waals surface area (Å²) in [7, 11) is -1.79. The Kier molecular flexibility index (Phi) is 6.73. The number of benzene rings is 2. The Morgan fingerprint density at radius 3 is 2.42 bits per heavy atom. The lowest BCUT2D eigenvalue weighted by Crippen LogP contribution is -2.28. The number of rotatable bonds is 8. The summed E-state index contributed by atoms with van der Waals surface area (Å²) >= 11 is 0. The van der Waals surface area contributed by atoms with Crippen molar-refractivity contribution in [3.05, 3.63) is 48.5 Å². The van der Waals surface area contributed by atoms with Gasteiger partial charge in [-0.2, -0.15) is 0 Å². The van der Waals surface area contributed by atoms with Crippen LogP contribution in [0.2, 0.25) is 0 Å². The normalized spacial score (nSPS) is 12.4. The number of hydrogen-bond donors (Lipinski definition) is 2. The molecule has 1 unspecified atom stereocenters. The fourth-order valence-corrected chi connectivity index (χ4v) is 2.85. The molecule has 7 nitrogen and oxygen atoms in total. The number of carbonyl (C=O) groups is 1. The predicted molar refractivity (Wildman–Crippen MR) is 99.2 cm³/mol. The standard InChI is InChI=1S/C18H22N2O5S/c1-24-16(12-19)11-18(21)20-13-6-8-14(9-7-13)25-15-4-3-5-17(10-15)26(2,22)23/h3-10,16H,11-12,19H2,1-2H3,(H,20,21). The monoisotopic (exact) mass is 378 g/mol. The molecule has 2 aromatic rings. The third-order valence-corrected chi connectivity index (χ3v) is 4.73. The summed E-state index contributed by atoms with van der Waals surface area (Å²) in [5, 5.41) is 2.75. The number of nitrogens with two attached hydrogens (primary N) is 1. The third-order valence-electron chi connectivity index (χ3n) is 3.62. The minimum absolute atomic E-state index is 0.170. The number of nitrogens with one attached hydrogen (secondary N) is 1.